The first-order chi connectivity index (χ1) is 14.9. The Morgan fingerprint density at radius 2 is 1.74 bits per heavy atom. The van der Waals surface area contributed by atoms with Crippen molar-refractivity contribution < 1.29 is 9.59 Å². The maximum absolute atomic E-state index is 12.6. The van der Waals surface area contributed by atoms with Gasteiger partial charge in [-0.25, -0.2) is 4.98 Å². The average molecular weight is 417 g/mol. The molecule has 0 saturated carbocycles. The zero-order valence-electron chi connectivity index (χ0n) is 17.2. The molecule has 0 aliphatic heterocycles. The molecule has 0 aliphatic rings. The summed E-state index contributed by atoms with van der Waals surface area (Å²) in [5.41, 5.74) is 1.94. The Balaban J connectivity index is 1.44. The van der Waals surface area contributed by atoms with Crippen LogP contribution in [0.1, 0.15) is 36.1 Å². The van der Waals surface area contributed by atoms with Crippen LogP contribution in [0.2, 0.25) is 0 Å². The quantitative estimate of drug-likeness (QED) is 0.385. The molecule has 2 heterocycles. The van der Waals surface area contributed by atoms with Gasteiger partial charge in [0.15, 0.2) is 0 Å². The van der Waals surface area contributed by atoms with E-state index in [1.165, 1.54) is 6.20 Å². The van der Waals surface area contributed by atoms with Crippen molar-refractivity contribution in [1.82, 2.24) is 25.6 Å². The Morgan fingerprint density at radius 3 is 2.48 bits per heavy atom. The number of amides is 2. The molecule has 1 atom stereocenters. The van der Waals surface area contributed by atoms with Crippen molar-refractivity contribution in [2.45, 2.75) is 19.9 Å². The highest BCUT2D eigenvalue weighted by atomic mass is 16.2. The van der Waals surface area contributed by atoms with Crippen LogP contribution in [0.5, 0.6) is 0 Å². The minimum atomic E-state index is -0.605. The number of H-pyrrole nitrogens is 2. The number of nitrogens with one attached hydrogen (secondary N) is 4. The standard InChI is InChI=1S/C23H23N5O3/c1-13(2)20(22-26-17-9-5-6-10-18(17)27-22)28-19(29)12-25-23(31)15-11-24-16-8-4-3-7-14(16)21(15)30/h3-11,13,20H,12H2,1-2H3,(H,24,30)(H,25,31)(H,26,27)(H,28,29). The molecule has 2 aromatic carbocycles. The first-order valence-electron chi connectivity index (χ1n) is 10.1. The van der Waals surface area contributed by atoms with E-state index in [-0.39, 0.29) is 35.4 Å². The Hall–Kier alpha value is -3.94. The van der Waals surface area contributed by atoms with Crippen molar-refractivity contribution in [2.75, 3.05) is 6.54 Å². The molecule has 8 heteroatoms. The third kappa shape index (κ3) is 4.18. The van der Waals surface area contributed by atoms with E-state index in [0.29, 0.717) is 16.7 Å². The third-order valence-electron chi connectivity index (χ3n) is 5.13. The molecule has 8 nitrogen and oxygen atoms in total. The predicted molar refractivity (Wildman–Crippen MR) is 119 cm³/mol. The SMILES string of the molecule is CC(C)C(NC(=O)CNC(=O)c1c[nH]c2ccccc2c1=O)c1nc2ccccc2[nH]1. The molecule has 158 valence electrons. The van der Waals surface area contributed by atoms with Gasteiger partial charge in [0.2, 0.25) is 11.3 Å². The fourth-order valence-corrected chi connectivity index (χ4v) is 3.49. The lowest BCUT2D eigenvalue weighted by molar-refractivity contribution is -0.121. The number of nitrogens with zero attached hydrogens (tertiary/aromatic N) is 1. The van der Waals surface area contributed by atoms with Crippen LogP contribution in [0.4, 0.5) is 0 Å². The number of rotatable bonds is 6. The predicted octanol–water partition coefficient (Wildman–Crippen LogP) is 2.65. The Labute approximate surface area is 178 Å². The number of carbonyl (C=O) groups excluding carboxylic acids is 2. The van der Waals surface area contributed by atoms with Gasteiger partial charge < -0.3 is 20.6 Å². The second-order valence-electron chi connectivity index (χ2n) is 7.69. The largest absolute Gasteiger partial charge is 0.360 e. The fourth-order valence-electron chi connectivity index (χ4n) is 3.49. The van der Waals surface area contributed by atoms with Crippen LogP contribution in [-0.2, 0) is 4.79 Å². The molecule has 0 bridgehead atoms. The number of hydrogen-bond donors (Lipinski definition) is 4. The van der Waals surface area contributed by atoms with Crippen molar-refractivity contribution in [1.29, 1.82) is 0 Å². The summed E-state index contributed by atoms with van der Waals surface area (Å²) in [4.78, 5) is 48.3. The van der Waals surface area contributed by atoms with Crippen molar-refractivity contribution in [3.63, 3.8) is 0 Å². The van der Waals surface area contributed by atoms with E-state index in [1.807, 2.05) is 38.1 Å². The Kier molecular flexibility index (Phi) is 5.53. The molecule has 31 heavy (non-hydrogen) atoms. The summed E-state index contributed by atoms with van der Waals surface area (Å²) in [5, 5.41) is 5.86. The lowest BCUT2D eigenvalue weighted by atomic mass is 10.0. The van der Waals surface area contributed by atoms with Crippen LogP contribution in [0.3, 0.4) is 0 Å². The second kappa shape index (κ2) is 8.43. The molecule has 0 spiro atoms. The zero-order chi connectivity index (χ0) is 22.0. The first kappa shape index (κ1) is 20.3. The van der Waals surface area contributed by atoms with Gasteiger partial charge in [0.05, 0.1) is 23.6 Å². The van der Waals surface area contributed by atoms with Crippen molar-refractivity contribution in [2.24, 2.45) is 5.92 Å². The molecule has 2 aromatic heterocycles. The number of para-hydroxylation sites is 3. The number of aromatic nitrogens is 3. The fraction of sp³-hybridized carbons (Fsp3) is 0.217. The molecule has 0 fully saturated rings. The van der Waals surface area contributed by atoms with Crippen LogP contribution in [0.25, 0.3) is 21.9 Å². The van der Waals surface area contributed by atoms with E-state index < -0.39 is 5.91 Å². The van der Waals surface area contributed by atoms with Gasteiger partial charge in [-0.2, -0.15) is 0 Å². The van der Waals surface area contributed by atoms with Gasteiger partial charge in [0.1, 0.15) is 11.4 Å². The van der Waals surface area contributed by atoms with Crippen LogP contribution in [0, 0.1) is 5.92 Å². The lowest BCUT2D eigenvalue weighted by Crippen LogP contribution is -2.41. The molecular formula is C23H23N5O3. The van der Waals surface area contributed by atoms with Crippen molar-refractivity contribution in [3.8, 4) is 0 Å². The molecular weight excluding hydrogens is 394 g/mol. The van der Waals surface area contributed by atoms with Gasteiger partial charge in [-0.05, 0) is 30.2 Å². The van der Waals surface area contributed by atoms with Gasteiger partial charge in [-0.15, -0.1) is 0 Å². The lowest BCUT2D eigenvalue weighted by Gasteiger charge is -2.20. The number of benzene rings is 2. The van der Waals surface area contributed by atoms with Gasteiger partial charge in [0, 0.05) is 17.1 Å². The highest BCUT2D eigenvalue weighted by Gasteiger charge is 2.22. The van der Waals surface area contributed by atoms with Gasteiger partial charge in [-0.1, -0.05) is 38.1 Å². The topological polar surface area (TPSA) is 120 Å². The molecule has 4 N–H and O–H groups in total. The molecule has 2 amide bonds. The highest BCUT2D eigenvalue weighted by Crippen LogP contribution is 2.22. The number of imidazole rings is 1. The average Bonchev–Trinajstić information content (AvgIpc) is 3.20. The highest BCUT2D eigenvalue weighted by molar-refractivity contribution is 5.98. The summed E-state index contributed by atoms with van der Waals surface area (Å²) >= 11 is 0. The van der Waals surface area contributed by atoms with Crippen LogP contribution in [0.15, 0.2) is 59.5 Å². The Bertz CT molecular complexity index is 1290. The minimum absolute atomic E-state index is 0.0378. The van der Waals surface area contributed by atoms with Crippen molar-refractivity contribution >= 4 is 33.8 Å². The van der Waals surface area contributed by atoms with E-state index in [0.717, 1.165) is 11.0 Å². The van der Waals surface area contributed by atoms with E-state index in [2.05, 4.69) is 25.6 Å². The van der Waals surface area contributed by atoms with Crippen LogP contribution < -0.4 is 16.1 Å². The summed E-state index contributed by atoms with van der Waals surface area (Å²) in [6, 6.07) is 14.2. The second-order valence-corrected chi connectivity index (χ2v) is 7.69. The maximum atomic E-state index is 12.6. The third-order valence-corrected chi connectivity index (χ3v) is 5.13. The van der Waals surface area contributed by atoms with Crippen molar-refractivity contribution in [3.05, 3.63) is 76.3 Å². The molecule has 1 unspecified atom stereocenters. The van der Waals surface area contributed by atoms with Crippen LogP contribution >= 0.6 is 0 Å². The van der Waals surface area contributed by atoms with E-state index in [4.69, 9.17) is 0 Å². The molecule has 0 saturated heterocycles. The van der Waals surface area contributed by atoms with E-state index >= 15 is 0 Å². The number of aromatic amines is 2. The zero-order valence-corrected chi connectivity index (χ0v) is 17.2. The number of pyridine rings is 1. The van der Waals surface area contributed by atoms with E-state index in [9.17, 15) is 14.4 Å². The number of carbonyl (C=O) groups is 2. The summed E-state index contributed by atoms with van der Waals surface area (Å²) in [5.74, 6) is -0.248. The van der Waals surface area contributed by atoms with Gasteiger partial charge in [-0.3, -0.25) is 14.4 Å². The van der Waals surface area contributed by atoms with Crippen LogP contribution in [-0.4, -0.2) is 33.3 Å². The molecule has 4 rings (SSSR count). The van der Waals surface area contributed by atoms with Gasteiger partial charge >= 0.3 is 0 Å². The Morgan fingerprint density at radius 1 is 1.03 bits per heavy atom. The van der Waals surface area contributed by atoms with Gasteiger partial charge in [0.25, 0.3) is 5.91 Å². The molecule has 4 aromatic rings. The first-order valence-corrected chi connectivity index (χ1v) is 10.1. The summed E-state index contributed by atoms with van der Waals surface area (Å²) in [6.45, 7) is 3.70. The van der Waals surface area contributed by atoms with E-state index in [1.54, 1.807) is 24.3 Å². The molecule has 0 radical (unpaired) electrons. The minimum Gasteiger partial charge on any atom is -0.360 e. The summed E-state index contributed by atoms with van der Waals surface area (Å²) in [7, 11) is 0. The smallest absolute Gasteiger partial charge is 0.257 e. The normalized spacial score (nSPS) is 12.2. The summed E-state index contributed by atoms with van der Waals surface area (Å²) < 4.78 is 0. The molecule has 0 aliphatic carbocycles. The number of hydrogen-bond acceptors (Lipinski definition) is 4. The maximum Gasteiger partial charge on any atom is 0.257 e. The number of fused-ring (bicyclic) bond motifs is 2. The monoisotopic (exact) mass is 417 g/mol. The summed E-state index contributed by atoms with van der Waals surface area (Å²) in [6.07, 6.45) is 1.36.